The molecule has 1 unspecified atom stereocenters. The number of carboxylic acids is 1. The van der Waals surface area contributed by atoms with Gasteiger partial charge in [-0.15, -0.1) is 0 Å². The molecule has 0 aliphatic carbocycles. The third-order valence-corrected chi connectivity index (χ3v) is 3.31. The zero-order chi connectivity index (χ0) is 15.8. The van der Waals surface area contributed by atoms with Crippen LogP contribution in [0.15, 0.2) is 54.6 Å². The molecule has 0 radical (unpaired) electrons. The summed E-state index contributed by atoms with van der Waals surface area (Å²) in [6, 6.07) is 17.2. The van der Waals surface area contributed by atoms with Gasteiger partial charge in [-0.25, -0.2) is 4.79 Å². The molecule has 116 valence electrons. The van der Waals surface area contributed by atoms with E-state index in [4.69, 9.17) is 9.84 Å². The van der Waals surface area contributed by atoms with E-state index in [0.29, 0.717) is 25.3 Å². The maximum atomic E-state index is 10.9. The number of nitrogens with one attached hydrogen (secondary N) is 1. The van der Waals surface area contributed by atoms with Crippen molar-refractivity contribution >= 4 is 5.97 Å². The zero-order valence-corrected chi connectivity index (χ0v) is 12.7. The smallest absolute Gasteiger partial charge is 0.335 e. The first-order valence-electron chi connectivity index (χ1n) is 7.32. The van der Waals surface area contributed by atoms with Crippen LogP contribution < -0.4 is 5.32 Å². The summed E-state index contributed by atoms with van der Waals surface area (Å²) in [7, 11) is 0. The van der Waals surface area contributed by atoms with E-state index < -0.39 is 5.97 Å². The minimum Gasteiger partial charge on any atom is -0.478 e. The highest BCUT2D eigenvalue weighted by atomic mass is 16.5. The Bertz CT molecular complexity index is 598. The van der Waals surface area contributed by atoms with Gasteiger partial charge in [-0.05, 0) is 30.2 Å². The molecule has 4 nitrogen and oxygen atoms in total. The molecular formula is C18H21NO3. The molecule has 0 aromatic heterocycles. The number of aromatic carboxylic acids is 1. The Labute approximate surface area is 130 Å². The number of rotatable bonds is 8. The van der Waals surface area contributed by atoms with Crippen molar-refractivity contribution in [1.29, 1.82) is 0 Å². The Balaban J connectivity index is 1.72. The van der Waals surface area contributed by atoms with Crippen molar-refractivity contribution in [2.45, 2.75) is 26.1 Å². The molecule has 0 aliphatic heterocycles. The second-order valence-electron chi connectivity index (χ2n) is 5.29. The molecule has 1 atom stereocenters. The lowest BCUT2D eigenvalue weighted by atomic mass is 10.1. The highest BCUT2D eigenvalue weighted by Gasteiger charge is 2.05. The molecule has 0 spiro atoms. The van der Waals surface area contributed by atoms with Crippen LogP contribution in [0.5, 0.6) is 0 Å². The molecule has 2 aromatic carbocycles. The van der Waals surface area contributed by atoms with Gasteiger partial charge >= 0.3 is 5.97 Å². The molecule has 2 rings (SSSR count). The van der Waals surface area contributed by atoms with E-state index in [9.17, 15) is 4.79 Å². The van der Waals surface area contributed by atoms with E-state index in [1.54, 1.807) is 18.2 Å². The van der Waals surface area contributed by atoms with Crippen LogP contribution >= 0.6 is 0 Å². The van der Waals surface area contributed by atoms with Crippen LogP contribution in [0, 0.1) is 0 Å². The van der Waals surface area contributed by atoms with Gasteiger partial charge in [0, 0.05) is 12.6 Å². The van der Waals surface area contributed by atoms with Gasteiger partial charge in [-0.1, -0.05) is 42.5 Å². The first kappa shape index (κ1) is 16.2. The lowest BCUT2D eigenvalue weighted by Crippen LogP contribution is -2.30. The fourth-order valence-electron chi connectivity index (χ4n) is 2.09. The van der Waals surface area contributed by atoms with Gasteiger partial charge in [0.2, 0.25) is 0 Å². The second-order valence-corrected chi connectivity index (χ2v) is 5.29. The molecule has 2 N–H and O–H groups in total. The lowest BCUT2D eigenvalue weighted by molar-refractivity contribution is 0.0696. The summed E-state index contributed by atoms with van der Waals surface area (Å²) in [6.07, 6.45) is 0. The van der Waals surface area contributed by atoms with Gasteiger partial charge in [-0.2, -0.15) is 0 Å². The maximum Gasteiger partial charge on any atom is 0.335 e. The SMILES string of the molecule is CC(COCc1ccccc1)NCc1cccc(C(=O)O)c1. The Morgan fingerprint density at radius 3 is 2.59 bits per heavy atom. The van der Waals surface area contributed by atoms with E-state index in [1.807, 2.05) is 43.3 Å². The third kappa shape index (κ3) is 5.31. The van der Waals surface area contributed by atoms with E-state index in [0.717, 1.165) is 11.1 Å². The van der Waals surface area contributed by atoms with Crippen LogP contribution in [0.25, 0.3) is 0 Å². The van der Waals surface area contributed by atoms with Crippen molar-refractivity contribution in [1.82, 2.24) is 5.32 Å². The van der Waals surface area contributed by atoms with Gasteiger partial charge in [0.15, 0.2) is 0 Å². The summed E-state index contributed by atoms with van der Waals surface area (Å²) in [5.74, 6) is -0.902. The third-order valence-electron chi connectivity index (χ3n) is 3.31. The van der Waals surface area contributed by atoms with E-state index in [-0.39, 0.29) is 6.04 Å². The summed E-state index contributed by atoms with van der Waals surface area (Å²) in [5.41, 5.74) is 2.42. The lowest BCUT2D eigenvalue weighted by Gasteiger charge is -2.14. The topological polar surface area (TPSA) is 58.6 Å². The minimum atomic E-state index is -0.902. The molecule has 2 aromatic rings. The van der Waals surface area contributed by atoms with Gasteiger partial charge in [0.05, 0.1) is 18.8 Å². The first-order valence-corrected chi connectivity index (χ1v) is 7.32. The average molecular weight is 299 g/mol. The molecular weight excluding hydrogens is 278 g/mol. The van der Waals surface area contributed by atoms with Gasteiger partial charge < -0.3 is 15.2 Å². The molecule has 22 heavy (non-hydrogen) atoms. The number of ether oxygens (including phenoxy) is 1. The van der Waals surface area contributed by atoms with E-state index in [2.05, 4.69) is 5.32 Å². The van der Waals surface area contributed by atoms with E-state index >= 15 is 0 Å². The van der Waals surface area contributed by atoms with Gasteiger partial charge in [0.25, 0.3) is 0 Å². The largest absolute Gasteiger partial charge is 0.478 e. The van der Waals surface area contributed by atoms with Gasteiger partial charge in [-0.3, -0.25) is 0 Å². The van der Waals surface area contributed by atoms with Crippen LogP contribution in [0.2, 0.25) is 0 Å². The number of hydrogen-bond donors (Lipinski definition) is 2. The summed E-state index contributed by atoms with van der Waals surface area (Å²) in [5, 5.41) is 12.3. The molecule has 0 saturated carbocycles. The standard InChI is InChI=1S/C18H21NO3/c1-14(12-22-13-15-6-3-2-4-7-15)19-11-16-8-5-9-17(10-16)18(20)21/h2-10,14,19H,11-13H2,1H3,(H,20,21). The van der Waals surface area contributed by atoms with Crippen LogP contribution in [0.1, 0.15) is 28.4 Å². The number of hydrogen-bond acceptors (Lipinski definition) is 3. The fraction of sp³-hybridized carbons (Fsp3) is 0.278. The minimum absolute atomic E-state index is 0.192. The summed E-state index contributed by atoms with van der Waals surface area (Å²) < 4.78 is 5.68. The Kier molecular flexibility index (Phi) is 6.13. The summed E-state index contributed by atoms with van der Waals surface area (Å²) in [6.45, 7) is 3.87. The molecule has 0 amide bonds. The van der Waals surface area contributed by atoms with E-state index in [1.165, 1.54) is 0 Å². The molecule has 0 bridgehead atoms. The molecule has 4 heteroatoms. The Hall–Kier alpha value is -2.17. The highest BCUT2D eigenvalue weighted by molar-refractivity contribution is 5.87. The molecule has 0 saturated heterocycles. The quantitative estimate of drug-likeness (QED) is 0.786. The number of carbonyl (C=O) groups is 1. The molecule has 0 fully saturated rings. The molecule has 0 heterocycles. The van der Waals surface area contributed by atoms with Crippen LogP contribution in [0.3, 0.4) is 0 Å². The molecule has 0 aliphatic rings. The summed E-state index contributed by atoms with van der Waals surface area (Å²) in [4.78, 5) is 10.9. The van der Waals surface area contributed by atoms with Crippen molar-refractivity contribution in [3.05, 3.63) is 71.3 Å². The number of carboxylic acid groups (broad SMARTS) is 1. The Morgan fingerprint density at radius 2 is 1.86 bits per heavy atom. The van der Waals surface area contributed by atoms with Crippen molar-refractivity contribution in [3.8, 4) is 0 Å². The zero-order valence-electron chi connectivity index (χ0n) is 12.7. The average Bonchev–Trinajstić information content (AvgIpc) is 2.54. The highest BCUT2D eigenvalue weighted by Crippen LogP contribution is 2.06. The monoisotopic (exact) mass is 299 g/mol. The Morgan fingerprint density at radius 1 is 1.14 bits per heavy atom. The first-order chi connectivity index (χ1) is 10.6. The van der Waals surface area contributed by atoms with Gasteiger partial charge in [0.1, 0.15) is 0 Å². The fourth-order valence-corrected chi connectivity index (χ4v) is 2.09. The second kappa shape index (κ2) is 8.32. The van der Waals surface area contributed by atoms with Crippen molar-refractivity contribution in [2.75, 3.05) is 6.61 Å². The predicted molar refractivity (Wildman–Crippen MR) is 85.8 cm³/mol. The van der Waals surface area contributed by atoms with Crippen molar-refractivity contribution < 1.29 is 14.6 Å². The van der Waals surface area contributed by atoms with Crippen molar-refractivity contribution in [2.24, 2.45) is 0 Å². The maximum absolute atomic E-state index is 10.9. The van der Waals surface area contributed by atoms with Crippen LogP contribution in [-0.2, 0) is 17.9 Å². The van der Waals surface area contributed by atoms with Crippen LogP contribution in [-0.4, -0.2) is 23.7 Å². The summed E-state index contributed by atoms with van der Waals surface area (Å²) >= 11 is 0. The normalized spacial score (nSPS) is 12.0. The number of benzene rings is 2. The van der Waals surface area contributed by atoms with Crippen molar-refractivity contribution in [3.63, 3.8) is 0 Å². The van der Waals surface area contributed by atoms with Crippen LogP contribution in [0.4, 0.5) is 0 Å². The predicted octanol–water partition coefficient (Wildman–Crippen LogP) is 3.08.